The van der Waals surface area contributed by atoms with Crippen LogP contribution in [-0.4, -0.2) is 6.04 Å². The fourth-order valence-corrected chi connectivity index (χ4v) is 3.98. The summed E-state index contributed by atoms with van der Waals surface area (Å²) in [4.78, 5) is 0. The van der Waals surface area contributed by atoms with Crippen molar-refractivity contribution in [2.45, 2.75) is 76.2 Å². The van der Waals surface area contributed by atoms with Crippen LogP contribution in [0.15, 0.2) is 18.2 Å². The number of nitrogens with one attached hydrogen (secondary N) is 2. The Morgan fingerprint density at radius 1 is 0.857 bits per heavy atom. The molecule has 116 valence electrons. The fraction of sp³-hybridized carbons (Fsp3) is 0.667. The van der Waals surface area contributed by atoms with Crippen molar-refractivity contribution in [2.75, 3.05) is 10.9 Å². The number of hydrogen-bond donors (Lipinski definition) is 2. The first-order valence-electron chi connectivity index (χ1n) is 8.64. The molecular formula is C18H27FN2. The summed E-state index contributed by atoms with van der Waals surface area (Å²) < 4.78 is 13.2. The zero-order valence-electron chi connectivity index (χ0n) is 12.8. The van der Waals surface area contributed by atoms with Gasteiger partial charge in [0.1, 0.15) is 0 Å². The van der Waals surface area contributed by atoms with E-state index in [-0.39, 0.29) is 0 Å². The van der Waals surface area contributed by atoms with E-state index in [0.29, 0.717) is 17.6 Å². The molecule has 0 amide bonds. The molecule has 3 heteroatoms. The fourth-order valence-electron chi connectivity index (χ4n) is 3.98. The van der Waals surface area contributed by atoms with Crippen molar-refractivity contribution in [3.63, 3.8) is 0 Å². The first kappa shape index (κ1) is 14.7. The Labute approximate surface area is 127 Å². The third kappa shape index (κ3) is 3.69. The summed E-state index contributed by atoms with van der Waals surface area (Å²) in [6.07, 6.45) is 12.7. The molecule has 0 radical (unpaired) electrons. The van der Waals surface area contributed by atoms with Crippen molar-refractivity contribution in [3.8, 4) is 0 Å². The van der Waals surface area contributed by atoms with Crippen molar-refractivity contribution in [1.82, 2.24) is 0 Å². The Kier molecular flexibility index (Phi) is 5.00. The van der Waals surface area contributed by atoms with E-state index in [4.69, 9.17) is 0 Å². The molecule has 2 N–H and O–H groups in total. The van der Waals surface area contributed by atoms with Crippen LogP contribution in [0.1, 0.15) is 75.7 Å². The second kappa shape index (κ2) is 7.15. The SMILES string of the molecule is FNc1cc(NC2CCCCC2)ccc1C1CCCCC1. The smallest absolute Gasteiger partial charge is 0.0711 e. The molecule has 2 aliphatic rings. The molecule has 2 aliphatic carbocycles. The number of benzene rings is 1. The number of halogens is 1. The number of rotatable bonds is 4. The molecule has 0 atom stereocenters. The topological polar surface area (TPSA) is 24.1 Å². The molecule has 0 bridgehead atoms. The summed E-state index contributed by atoms with van der Waals surface area (Å²) >= 11 is 0. The second-order valence-electron chi connectivity index (χ2n) is 6.71. The highest BCUT2D eigenvalue weighted by atomic mass is 19.2. The summed E-state index contributed by atoms with van der Waals surface area (Å²) in [5.41, 5.74) is 4.82. The maximum atomic E-state index is 13.2. The van der Waals surface area contributed by atoms with Crippen molar-refractivity contribution in [3.05, 3.63) is 23.8 Å². The lowest BCUT2D eigenvalue weighted by Gasteiger charge is -2.26. The minimum atomic E-state index is 0.528. The Morgan fingerprint density at radius 2 is 1.52 bits per heavy atom. The van der Waals surface area contributed by atoms with Crippen LogP contribution in [-0.2, 0) is 0 Å². The molecule has 21 heavy (non-hydrogen) atoms. The van der Waals surface area contributed by atoms with Crippen LogP contribution in [0.5, 0.6) is 0 Å². The van der Waals surface area contributed by atoms with Gasteiger partial charge in [0.05, 0.1) is 5.69 Å². The molecule has 1 aromatic rings. The van der Waals surface area contributed by atoms with Crippen LogP contribution >= 0.6 is 0 Å². The van der Waals surface area contributed by atoms with Gasteiger partial charge in [-0.15, -0.1) is 4.48 Å². The van der Waals surface area contributed by atoms with Gasteiger partial charge in [0.2, 0.25) is 0 Å². The largest absolute Gasteiger partial charge is 0.382 e. The quantitative estimate of drug-likeness (QED) is 0.687. The van der Waals surface area contributed by atoms with E-state index in [9.17, 15) is 4.48 Å². The summed E-state index contributed by atoms with van der Waals surface area (Å²) in [6.45, 7) is 0. The minimum absolute atomic E-state index is 0.528. The Morgan fingerprint density at radius 3 is 2.19 bits per heavy atom. The zero-order chi connectivity index (χ0) is 14.5. The highest BCUT2D eigenvalue weighted by molar-refractivity contribution is 5.62. The second-order valence-corrected chi connectivity index (χ2v) is 6.71. The van der Waals surface area contributed by atoms with Gasteiger partial charge in [-0.2, -0.15) is 0 Å². The standard InChI is InChI=1S/C18H27FN2/c19-21-18-13-16(20-15-9-5-2-6-10-15)11-12-17(18)14-7-3-1-4-8-14/h11-15,20-21H,1-10H2. The van der Waals surface area contributed by atoms with Gasteiger partial charge in [-0.3, -0.25) is 0 Å². The van der Waals surface area contributed by atoms with Gasteiger partial charge in [0.25, 0.3) is 0 Å². The van der Waals surface area contributed by atoms with E-state index in [0.717, 1.165) is 11.3 Å². The third-order valence-electron chi connectivity index (χ3n) is 5.18. The van der Waals surface area contributed by atoms with Crippen LogP contribution in [0, 0.1) is 0 Å². The molecule has 3 rings (SSSR count). The summed E-state index contributed by atoms with van der Waals surface area (Å²) in [5.74, 6) is 0.528. The Bertz CT molecular complexity index is 449. The molecule has 0 spiro atoms. The molecule has 0 heterocycles. The van der Waals surface area contributed by atoms with Gasteiger partial charge in [-0.1, -0.05) is 44.6 Å². The Hall–Kier alpha value is -1.25. The van der Waals surface area contributed by atoms with Gasteiger partial charge in [-0.25, -0.2) is 5.54 Å². The predicted molar refractivity (Wildman–Crippen MR) is 87.5 cm³/mol. The molecule has 2 nitrogen and oxygen atoms in total. The van der Waals surface area contributed by atoms with Gasteiger partial charge < -0.3 is 5.32 Å². The van der Waals surface area contributed by atoms with Crippen LogP contribution in [0.3, 0.4) is 0 Å². The average Bonchev–Trinajstić information content (AvgIpc) is 2.56. The highest BCUT2D eigenvalue weighted by Gasteiger charge is 2.19. The first-order chi connectivity index (χ1) is 10.4. The van der Waals surface area contributed by atoms with Crippen molar-refractivity contribution < 1.29 is 4.48 Å². The van der Waals surface area contributed by atoms with Gasteiger partial charge in [-0.05, 0) is 49.3 Å². The maximum absolute atomic E-state index is 13.2. The van der Waals surface area contributed by atoms with E-state index >= 15 is 0 Å². The van der Waals surface area contributed by atoms with Gasteiger partial charge in [0.15, 0.2) is 0 Å². The lowest BCUT2D eigenvalue weighted by Crippen LogP contribution is -2.22. The molecule has 0 aromatic heterocycles. The monoisotopic (exact) mass is 290 g/mol. The summed E-state index contributed by atoms with van der Waals surface area (Å²) in [7, 11) is 0. The number of anilines is 2. The first-order valence-corrected chi connectivity index (χ1v) is 8.64. The number of hydrogen-bond acceptors (Lipinski definition) is 2. The van der Waals surface area contributed by atoms with Crippen LogP contribution < -0.4 is 10.9 Å². The van der Waals surface area contributed by atoms with Gasteiger partial charge in [0, 0.05) is 11.7 Å². The molecule has 2 fully saturated rings. The van der Waals surface area contributed by atoms with Crippen LogP contribution in [0.4, 0.5) is 15.9 Å². The summed E-state index contributed by atoms with van der Waals surface area (Å²) in [6, 6.07) is 6.79. The maximum Gasteiger partial charge on any atom is 0.0711 e. The normalized spacial score (nSPS) is 21.2. The van der Waals surface area contributed by atoms with E-state index in [1.165, 1.54) is 64.2 Å². The van der Waals surface area contributed by atoms with E-state index < -0.39 is 0 Å². The minimum Gasteiger partial charge on any atom is -0.382 e. The zero-order valence-corrected chi connectivity index (χ0v) is 12.8. The predicted octanol–water partition coefficient (Wildman–Crippen LogP) is 5.78. The lowest BCUT2D eigenvalue weighted by molar-refractivity contribution is 0.443. The van der Waals surface area contributed by atoms with E-state index in [1.54, 1.807) is 0 Å². The lowest BCUT2D eigenvalue weighted by atomic mass is 9.83. The molecule has 0 saturated heterocycles. The van der Waals surface area contributed by atoms with Crippen LogP contribution in [0.2, 0.25) is 0 Å². The summed E-state index contributed by atoms with van der Waals surface area (Å²) in [5, 5.41) is 3.58. The molecule has 1 aromatic carbocycles. The van der Waals surface area contributed by atoms with E-state index in [1.807, 2.05) is 11.6 Å². The average molecular weight is 290 g/mol. The van der Waals surface area contributed by atoms with Crippen molar-refractivity contribution in [2.24, 2.45) is 0 Å². The molecule has 0 unspecified atom stereocenters. The third-order valence-corrected chi connectivity index (χ3v) is 5.18. The molecule has 0 aliphatic heterocycles. The van der Waals surface area contributed by atoms with Crippen molar-refractivity contribution in [1.29, 1.82) is 0 Å². The highest BCUT2D eigenvalue weighted by Crippen LogP contribution is 2.38. The van der Waals surface area contributed by atoms with Crippen molar-refractivity contribution >= 4 is 11.4 Å². The van der Waals surface area contributed by atoms with E-state index in [2.05, 4.69) is 17.4 Å². The van der Waals surface area contributed by atoms with Gasteiger partial charge >= 0.3 is 0 Å². The Balaban J connectivity index is 1.71. The molecular weight excluding hydrogens is 263 g/mol. The van der Waals surface area contributed by atoms with Crippen LogP contribution in [0.25, 0.3) is 0 Å². The molecule has 2 saturated carbocycles.